The molecule has 1 aromatic carbocycles. The molecule has 3 heterocycles. The summed E-state index contributed by atoms with van der Waals surface area (Å²) in [4.78, 5) is 36.4. The van der Waals surface area contributed by atoms with Gasteiger partial charge in [0.2, 0.25) is 0 Å². The molecule has 0 radical (unpaired) electrons. The summed E-state index contributed by atoms with van der Waals surface area (Å²) < 4.78 is 17.7. The van der Waals surface area contributed by atoms with Gasteiger partial charge >= 0.3 is 12.1 Å². The molecule has 4 atom stereocenters. The van der Waals surface area contributed by atoms with Crippen molar-refractivity contribution in [2.24, 2.45) is 5.73 Å². The number of carbonyl (C=O) groups is 2. The van der Waals surface area contributed by atoms with Crippen LogP contribution in [0.3, 0.4) is 0 Å². The zero-order chi connectivity index (χ0) is 25.5. The molecule has 4 unspecified atom stereocenters. The van der Waals surface area contributed by atoms with Crippen LogP contribution in [0.5, 0.6) is 0 Å². The van der Waals surface area contributed by atoms with Gasteiger partial charge < -0.3 is 36.1 Å². The van der Waals surface area contributed by atoms with Crippen molar-refractivity contribution in [1.29, 1.82) is 0 Å². The van der Waals surface area contributed by atoms with Crippen molar-refractivity contribution < 1.29 is 28.9 Å². The monoisotopic (exact) mass is 499 g/mol. The van der Waals surface area contributed by atoms with Crippen LogP contribution in [0, 0.1) is 0 Å². The second-order valence-corrected chi connectivity index (χ2v) is 8.36. The molecule has 1 aliphatic heterocycles. The topological polar surface area (TPSA) is 190 Å². The first-order valence-electron chi connectivity index (χ1n) is 11.6. The average Bonchev–Trinajstić information content (AvgIpc) is 3.47. The van der Waals surface area contributed by atoms with Crippen molar-refractivity contribution in [3.05, 3.63) is 48.5 Å². The normalized spacial score (nSPS) is 20.2. The summed E-state index contributed by atoms with van der Waals surface area (Å²) in [6.07, 6.45) is 0.864. The Labute approximate surface area is 206 Å². The molecule has 0 spiro atoms. The van der Waals surface area contributed by atoms with Crippen LogP contribution in [0.15, 0.2) is 43.0 Å². The number of hydrogen-bond donors (Lipinski definition) is 4. The molecular weight excluding hydrogens is 470 g/mol. The highest BCUT2D eigenvalue weighted by atomic mass is 16.6. The molecule has 0 bridgehead atoms. The Morgan fingerprint density at radius 1 is 1.22 bits per heavy atom. The van der Waals surface area contributed by atoms with Gasteiger partial charge in [-0.05, 0) is 24.8 Å². The highest BCUT2D eigenvalue weighted by molar-refractivity contribution is 5.81. The third-order valence-electron chi connectivity index (χ3n) is 5.76. The lowest BCUT2D eigenvalue weighted by atomic mass is 10.1. The number of aliphatic hydroxyl groups is 1. The Bertz CT molecular complexity index is 1170. The van der Waals surface area contributed by atoms with E-state index in [0.29, 0.717) is 37.0 Å². The number of rotatable bonds is 10. The van der Waals surface area contributed by atoms with Crippen molar-refractivity contribution in [1.82, 2.24) is 24.8 Å². The van der Waals surface area contributed by atoms with Gasteiger partial charge in [0, 0.05) is 6.54 Å². The van der Waals surface area contributed by atoms with E-state index < -0.39 is 36.5 Å². The predicted octanol–water partition coefficient (Wildman–Crippen LogP) is 0.634. The lowest BCUT2D eigenvalue weighted by Crippen LogP contribution is -2.39. The number of nitrogens with zero attached hydrogens (tertiary/aromatic N) is 4. The van der Waals surface area contributed by atoms with E-state index in [1.54, 1.807) is 0 Å². The number of ether oxygens (including phenoxy) is 3. The number of amides is 1. The van der Waals surface area contributed by atoms with Crippen LogP contribution >= 0.6 is 0 Å². The van der Waals surface area contributed by atoms with E-state index in [1.165, 1.54) is 17.2 Å². The van der Waals surface area contributed by atoms with Gasteiger partial charge in [0.05, 0.1) is 12.9 Å². The van der Waals surface area contributed by atoms with Gasteiger partial charge in [0.25, 0.3) is 0 Å². The zero-order valence-electron chi connectivity index (χ0n) is 19.5. The molecular formula is C23H29N7O6. The van der Waals surface area contributed by atoms with E-state index >= 15 is 0 Å². The fourth-order valence-corrected chi connectivity index (χ4v) is 3.79. The lowest BCUT2D eigenvalue weighted by molar-refractivity contribution is -0.154. The SMILES string of the molecule is Nc1ncnc2c1ncn2C1OCC(OC(=O)C(N)CCCCNC(=O)OCc2ccccc2)C1O. The summed E-state index contributed by atoms with van der Waals surface area (Å²) >= 11 is 0. The molecule has 1 fully saturated rings. The summed E-state index contributed by atoms with van der Waals surface area (Å²) in [5, 5.41) is 13.3. The van der Waals surface area contributed by atoms with Crippen LogP contribution in [-0.4, -0.2) is 68.1 Å². The number of aliphatic hydroxyl groups excluding tert-OH is 1. The van der Waals surface area contributed by atoms with Gasteiger partial charge in [-0.25, -0.2) is 19.7 Å². The van der Waals surface area contributed by atoms with E-state index in [-0.39, 0.29) is 19.0 Å². The number of esters is 1. The number of aromatic nitrogens is 4. The van der Waals surface area contributed by atoms with Crippen LogP contribution in [0.2, 0.25) is 0 Å². The predicted molar refractivity (Wildman–Crippen MR) is 127 cm³/mol. The standard InChI is InChI=1S/C23H29N7O6/c24-15(8-4-5-9-26-23(33)35-10-14-6-2-1-3-7-14)22(32)36-16-11-34-21(18(16)31)30-13-29-17-19(25)27-12-28-20(17)30/h1-3,6-7,12-13,15-16,18,21,31H,4-5,8-11,24H2,(H,26,33)(H2,25,27,28). The second kappa shape index (κ2) is 11.7. The smallest absolute Gasteiger partial charge is 0.407 e. The van der Waals surface area contributed by atoms with Gasteiger partial charge in [-0.1, -0.05) is 30.3 Å². The van der Waals surface area contributed by atoms with Gasteiger partial charge in [-0.3, -0.25) is 9.36 Å². The number of carbonyl (C=O) groups excluding carboxylic acids is 2. The molecule has 1 amide bonds. The Morgan fingerprint density at radius 2 is 2.03 bits per heavy atom. The number of nitrogens with two attached hydrogens (primary N) is 2. The fraction of sp³-hybridized carbons (Fsp3) is 0.435. The molecule has 2 aromatic heterocycles. The first-order chi connectivity index (χ1) is 17.4. The molecule has 0 saturated carbocycles. The number of alkyl carbamates (subject to hydrolysis) is 1. The maximum Gasteiger partial charge on any atom is 0.407 e. The van der Waals surface area contributed by atoms with Crippen LogP contribution < -0.4 is 16.8 Å². The summed E-state index contributed by atoms with van der Waals surface area (Å²) in [5.41, 5.74) is 13.4. The van der Waals surface area contributed by atoms with E-state index in [1.807, 2.05) is 30.3 Å². The number of unbranched alkanes of at least 4 members (excludes halogenated alkanes) is 1. The molecule has 192 valence electrons. The van der Waals surface area contributed by atoms with Crippen LogP contribution in [-0.2, 0) is 25.6 Å². The number of benzene rings is 1. The van der Waals surface area contributed by atoms with Gasteiger partial charge in [0.1, 0.15) is 30.6 Å². The first kappa shape index (κ1) is 25.3. The number of imidazole rings is 1. The molecule has 36 heavy (non-hydrogen) atoms. The summed E-state index contributed by atoms with van der Waals surface area (Å²) in [5.74, 6) is -0.431. The summed E-state index contributed by atoms with van der Waals surface area (Å²) in [6.45, 7) is 0.568. The molecule has 1 saturated heterocycles. The van der Waals surface area contributed by atoms with Crippen molar-refractivity contribution >= 4 is 29.0 Å². The minimum absolute atomic E-state index is 0.0143. The molecule has 4 rings (SSSR count). The van der Waals surface area contributed by atoms with Crippen LogP contribution in [0.25, 0.3) is 11.2 Å². The van der Waals surface area contributed by atoms with Crippen molar-refractivity contribution in [2.75, 3.05) is 18.9 Å². The third-order valence-corrected chi connectivity index (χ3v) is 5.76. The van der Waals surface area contributed by atoms with E-state index in [0.717, 1.165) is 5.56 Å². The largest absolute Gasteiger partial charge is 0.456 e. The number of anilines is 1. The van der Waals surface area contributed by atoms with Crippen molar-refractivity contribution in [3.63, 3.8) is 0 Å². The van der Waals surface area contributed by atoms with Crippen LogP contribution in [0.4, 0.5) is 10.6 Å². The molecule has 6 N–H and O–H groups in total. The number of fused-ring (bicyclic) bond motifs is 1. The Morgan fingerprint density at radius 3 is 2.83 bits per heavy atom. The highest BCUT2D eigenvalue weighted by Gasteiger charge is 2.41. The summed E-state index contributed by atoms with van der Waals surface area (Å²) in [6, 6.07) is 8.50. The van der Waals surface area contributed by atoms with Gasteiger partial charge in [0.15, 0.2) is 23.8 Å². The average molecular weight is 500 g/mol. The molecule has 13 nitrogen and oxygen atoms in total. The van der Waals surface area contributed by atoms with Crippen molar-refractivity contribution in [3.8, 4) is 0 Å². The molecule has 1 aliphatic rings. The van der Waals surface area contributed by atoms with Gasteiger partial charge in [-0.15, -0.1) is 0 Å². The second-order valence-electron chi connectivity index (χ2n) is 8.36. The molecule has 0 aliphatic carbocycles. The Kier molecular flexibility index (Phi) is 8.25. The van der Waals surface area contributed by atoms with Crippen LogP contribution in [0.1, 0.15) is 31.1 Å². The number of nitrogens with one attached hydrogen (secondary N) is 1. The zero-order valence-corrected chi connectivity index (χ0v) is 19.5. The van der Waals surface area contributed by atoms with Crippen molar-refractivity contribution in [2.45, 2.75) is 50.3 Å². The summed E-state index contributed by atoms with van der Waals surface area (Å²) in [7, 11) is 0. The minimum Gasteiger partial charge on any atom is -0.456 e. The minimum atomic E-state index is -1.15. The van der Waals surface area contributed by atoms with E-state index in [4.69, 9.17) is 25.7 Å². The maximum atomic E-state index is 12.4. The maximum absolute atomic E-state index is 12.4. The fourth-order valence-electron chi connectivity index (χ4n) is 3.79. The lowest BCUT2D eigenvalue weighted by Gasteiger charge is -2.20. The van der Waals surface area contributed by atoms with Gasteiger partial charge in [-0.2, -0.15) is 0 Å². The Balaban J connectivity index is 1.15. The Hall–Kier alpha value is -3.81. The number of nitrogen functional groups attached to an aromatic ring is 1. The highest BCUT2D eigenvalue weighted by Crippen LogP contribution is 2.29. The molecule has 13 heteroatoms. The number of hydrogen-bond acceptors (Lipinski definition) is 11. The first-order valence-corrected chi connectivity index (χ1v) is 11.6. The van der Waals surface area contributed by atoms with E-state index in [9.17, 15) is 14.7 Å². The third kappa shape index (κ3) is 6.05. The quantitative estimate of drug-likeness (QED) is 0.226. The molecule has 3 aromatic rings. The van der Waals surface area contributed by atoms with E-state index in [2.05, 4.69) is 20.3 Å².